The summed E-state index contributed by atoms with van der Waals surface area (Å²) in [6, 6.07) is 12.4. The molecule has 0 N–H and O–H groups in total. The Hall–Kier alpha value is -1.81. The first kappa shape index (κ1) is 14.6. The molecule has 0 atom stereocenters. The Labute approximate surface area is 122 Å². The molecule has 0 heterocycles. The van der Waals surface area contributed by atoms with Crippen molar-refractivity contribution in [2.75, 3.05) is 7.11 Å². The molecule has 2 nitrogen and oxygen atoms in total. The predicted molar refractivity (Wildman–Crippen MR) is 79.0 cm³/mol. The highest BCUT2D eigenvalue weighted by Gasteiger charge is 2.08. The molecule has 0 fully saturated rings. The quantitative estimate of drug-likeness (QED) is 0.605. The molecule has 0 radical (unpaired) electrons. The van der Waals surface area contributed by atoms with E-state index in [0.29, 0.717) is 16.9 Å². The Morgan fingerprint density at radius 2 is 1.90 bits per heavy atom. The van der Waals surface area contributed by atoms with Crippen molar-refractivity contribution >= 4 is 17.5 Å². The van der Waals surface area contributed by atoms with Crippen LogP contribution in [0.15, 0.2) is 47.4 Å². The summed E-state index contributed by atoms with van der Waals surface area (Å²) >= 11 is 1.52. The van der Waals surface area contributed by atoms with Crippen LogP contribution < -0.4 is 4.74 Å². The van der Waals surface area contributed by atoms with Crippen LogP contribution in [0.3, 0.4) is 0 Å². The lowest BCUT2D eigenvalue weighted by molar-refractivity contribution is 0.101. The zero-order chi connectivity index (χ0) is 14.5. The number of halogens is 1. The van der Waals surface area contributed by atoms with Crippen molar-refractivity contribution in [3.63, 3.8) is 0 Å². The van der Waals surface area contributed by atoms with E-state index >= 15 is 0 Å². The number of rotatable bonds is 5. The van der Waals surface area contributed by atoms with Crippen molar-refractivity contribution in [2.45, 2.75) is 17.6 Å². The van der Waals surface area contributed by atoms with Gasteiger partial charge in [-0.2, -0.15) is 0 Å². The van der Waals surface area contributed by atoms with E-state index in [1.165, 1.54) is 25.8 Å². The number of carbonyl (C=O) groups is 1. The monoisotopic (exact) mass is 290 g/mol. The van der Waals surface area contributed by atoms with Crippen LogP contribution in [0, 0.1) is 5.82 Å². The largest absolute Gasteiger partial charge is 0.494 e. The number of carbonyl (C=O) groups excluding carboxylic acids is 1. The maximum Gasteiger partial charge on any atom is 0.169 e. The Morgan fingerprint density at radius 1 is 1.20 bits per heavy atom. The first-order valence-corrected chi connectivity index (χ1v) is 7.15. The van der Waals surface area contributed by atoms with Crippen LogP contribution in [0.2, 0.25) is 0 Å². The van der Waals surface area contributed by atoms with Gasteiger partial charge in [0, 0.05) is 21.8 Å². The smallest absolute Gasteiger partial charge is 0.169 e. The van der Waals surface area contributed by atoms with Crippen molar-refractivity contribution < 1.29 is 13.9 Å². The summed E-state index contributed by atoms with van der Waals surface area (Å²) in [7, 11) is 1.45. The van der Waals surface area contributed by atoms with Crippen LogP contribution in [0.25, 0.3) is 0 Å². The molecule has 0 bridgehead atoms. The van der Waals surface area contributed by atoms with Crippen molar-refractivity contribution in [3.8, 4) is 5.75 Å². The SMILES string of the molecule is COc1cccc(CSc2ccc(C(C)=O)cc2)c1F. The number of hydrogen-bond donors (Lipinski definition) is 0. The fourth-order valence-corrected chi connectivity index (χ4v) is 2.65. The standard InChI is InChI=1S/C16H15FO2S/c1-11(18)12-6-8-14(9-7-12)20-10-13-4-3-5-15(19-2)16(13)17/h3-9H,10H2,1-2H3. The van der Waals surface area contributed by atoms with Gasteiger partial charge in [0.2, 0.25) is 0 Å². The number of thioether (sulfide) groups is 1. The Bertz CT molecular complexity index is 608. The van der Waals surface area contributed by atoms with Crippen molar-refractivity contribution in [1.82, 2.24) is 0 Å². The molecule has 104 valence electrons. The molecule has 4 heteroatoms. The first-order valence-electron chi connectivity index (χ1n) is 6.17. The first-order chi connectivity index (χ1) is 9.61. The molecule has 0 aliphatic carbocycles. The Kier molecular flexibility index (Phi) is 4.79. The molecule has 0 aromatic heterocycles. The minimum atomic E-state index is -0.317. The molecular weight excluding hydrogens is 275 g/mol. The van der Waals surface area contributed by atoms with Gasteiger partial charge in [-0.05, 0) is 25.1 Å². The number of methoxy groups -OCH3 is 1. The lowest BCUT2D eigenvalue weighted by Crippen LogP contribution is -1.93. The third-order valence-electron chi connectivity index (χ3n) is 2.92. The topological polar surface area (TPSA) is 26.3 Å². The highest BCUT2D eigenvalue weighted by Crippen LogP contribution is 2.27. The molecule has 2 aromatic rings. The van der Waals surface area contributed by atoms with Gasteiger partial charge in [-0.3, -0.25) is 4.79 Å². The molecule has 2 aromatic carbocycles. The van der Waals surface area contributed by atoms with E-state index in [-0.39, 0.29) is 17.3 Å². The van der Waals surface area contributed by atoms with Gasteiger partial charge in [0.15, 0.2) is 17.3 Å². The van der Waals surface area contributed by atoms with E-state index < -0.39 is 0 Å². The van der Waals surface area contributed by atoms with Crippen LogP contribution in [0.1, 0.15) is 22.8 Å². The van der Waals surface area contributed by atoms with Gasteiger partial charge in [0.1, 0.15) is 0 Å². The van der Waals surface area contributed by atoms with Crippen molar-refractivity contribution in [1.29, 1.82) is 0 Å². The molecule has 2 rings (SSSR count). The number of hydrogen-bond acceptors (Lipinski definition) is 3. The molecule has 20 heavy (non-hydrogen) atoms. The van der Waals surface area contributed by atoms with Gasteiger partial charge in [-0.15, -0.1) is 11.8 Å². The number of ether oxygens (including phenoxy) is 1. The molecule has 0 spiro atoms. The lowest BCUT2D eigenvalue weighted by Gasteiger charge is -2.07. The molecule has 0 saturated heterocycles. The third kappa shape index (κ3) is 3.39. The molecule has 0 saturated carbocycles. The maximum absolute atomic E-state index is 14.0. The summed E-state index contributed by atoms with van der Waals surface area (Å²) in [6.45, 7) is 1.54. The van der Waals surface area contributed by atoms with Crippen LogP contribution in [0.5, 0.6) is 5.75 Å². The molecule has 0 aliphatic rings. The predicted octanol–water partition coefficient (Wildman–Crippen LogP) is 4.33. The van der Waals surface area contributed by atoms with E-state index in [2.05, 4.69) is 0 Å². The minimum absolute atomic E-state index is 0.0420. The number of Topliss-reactive ketones (excluding diaryl/α,β-unsaturated/α-hetero) is 1. The summed E-state index contributed by atoms with van der Waals surface area (Å²) in [5.74, 6) is 0.501. The van der Waals surface area contributed by atoms with Gasteiger partial charge in [-0.25, -0.2) is 4.39 Å². The second kappa shape index (κ2) is 6.57. The van der Waals surface area contributed by atoms with Gasteiger partial charge < -0.3 is 4.74 Å². The zero-order valence-corrected chi connectivity index (χ0v) is 12.2. The van der Waals surface area contributed by atoms with E-state index in [9.17, 15) is 9.18 Å². The summed E-state index contributed by atoms with van der Waals surface area (Å²) in [6.07, 6.45) is 0. The highest BCUT2D eigenvalue weighted by atomic mass is 32.2. The van der Waals surface area contributed by atoms with Crippen molar-refractivity contribution in [2.24, 2.45) is 0 Å². The zero-order valence-electron chi connectivity index (χ0n) is 11.4. The van der Waals surface area contributed by atoms with Crippen LogP contribution >= 0.6 is 11.8 Å². The molecule has 0 amide bonds. The van der Waals surface area contributed by atoms with Gasteiger partial charge in [-0.1, -0.05) is 24.3 Å². The van der Waals surface area contributed by atoms with Crippen molar-refractivity contribution in [3.05, 3.63) is 59.4 Å². The summed E-state index contributed by atoms with van der Waals surface area (Å²) in [5.41, 5.74) is 1.28. The fraction of sp³-hybridized carbons (Fsp3) is 0.188. The fourth-order valence-electron chi connectivity index (χ4n) is 1.77. The number of ketones is 1. The van der Waals surface area contributed by atoms with E-state index in [1.54, 1.807) is 30.3 Å². The van der Waals surface area contributed by atoms with Gasteiger partial charge in [0.05, 0.1) is 7.11 Å². The van der Waals surface area contributed by atoms with Crippen LogP contribution in [-0.4, -0.2) is 12.9 Å². The maximum atomic E-state index is 14.0. The van der Waals surface area contributed by atoms with E-state index in [1.807, 2.05) is 12.1 Å². The number of benzene rings is 2. The van der Waals surface area contributed by atoms with E-state index in [4.69, 9.17) is 4.74 Å². The second-order valence-electron chi connectivity index (χ2n) is 4.30. The van der Waals surface area contributed by atoms with Gasteiger partial charge >= 0.3 is 0 Å². The molecular formula is C16H15FO2S. The summed E-state index contributed by atoms with van der Waals surface area (Å²) < 4.78 is 18.9. The lowest BCUT2D eigenvalue weighted by atomic mass is 10.2. The second-order valence-corrected chi connectivity index (χ2v) is 5.35. The third-order valence-corrected chi connectivity index (χ3v) is 3.98. The van der Waals surface area contributed by atoms with Crippen LogP contribution in [0.4, 0.5) is 4.39 Å². The minimum Gasteiger partial charge on any atom is -0.494 e. The highest BCUT2D eigenvalue weighted by molar-refractivity contribution is 7.98. The molecule has 0 unspecified atom stereocenters. The Morgan fingerprint density at radius 3 is 2.50 bits per heavy atom. The average Bonchev–Trinajstić information content (AvgIpc) is 2.46. The normalized spacial score (nSPS) is 10.3. The van der Waals surface area contributed by atoms with E-state index in [0.717, 1.165) is 4.90 Å². The summed E-state index contributed by atoms with van der Waals surface area (Å²) in [4.78, 5) is 12.2. The average molecular weight is 290 g/mol. The molecule has 0 aliphatic heterocycles. The van der Waals surface area contributed by atoms with Gasteiger partial charge in [0.25, 0.3) is 0 Å². The summed E-state index contributed by atoms with van der Waals surface area (Å²) in [5, 5.41) is 0. The Balaban J connectivity index is 2.07. The van der Waals surface area contributed by atoms with Crippen LogP contribution in [-0.2, 0) is 5.75 Å².